The van der Waals surface area contributed by atoms with Crippen LogP contribution >= 0.6 is 0 Å². The summed E-state index contributed by atoms with van der Waals surface area (Å²) in [6.45, 7) is 0. The molecule has 166 valence electrons. The third-order valence-corrected chi connectivity index (χ3v) is 5.70. The Morgan fingerprint density at radius 1 is 0.938 bits per heavy atom. The molecule has 0 aliphatic heterocycles. The highest BCUT2D eigenvalue weighted by atomic mass is 32.2. The molecule has 0 unspecified atom stereocenters. The maximum Gasteiger partial charge on any atom is 0.270 e. The first-order valence-electron chi connectivity index (χ1n) is 8.96. The molecule has 0 aromatic heterocycles. The second-order valence-electron chi connectivity index (χ2n) is 6.45. The van der Waals surface area contributed by atoms with Gasteiger partial charge >= 0.3 is 0 Å². The zero-order valence-electron chi connectivity index (χ0n) is 16.4. The first-order valence-corrected chi connectivity index (χ1v) is 10.4. The van der Waals surface area contributed by atoms with Crippen LogP contribution in [0.3, 0.4) is 0 Å². The van der Waals surface area contributed by atoms with E-state index in [-0.39, 0.29) is 16.9 Å². The van der Waals surface area contributed by atoms with Crippen LogP contribution in [0.25, 0.3) is 0 Å². The van der Waals surface area contributed by atoms with Gasteiger partial charge in [0.25, 0.3) is 21.6 Å². The lowest BCUT2D eigenvalue weighted by molar-refractivity contribution is -0.384. The van der Waals surface area contributed by atoms with Crippen molar-refractivity contribution in [3.05, 3.63) is 88.0 Å². The Balaban J connectivity index is 1.76. The van der Waals surface area contributed by atoms with Crippen molar-refractivity contribution in [2.24, 2.45) is 0 Å². The molecule has 0 atom stereocenters. The van der Waals surface area contributed by atoms with Gasteiger partial charge in [0.15, 0.2) is 11.6 Å². The number of anilines is 3. The van der Waals surface area contributed by atoms with Crippen LogP contribution in [0.1, 0.15) is 10.4 Å². The number of amides is 1. The van der Waals surface area contributed by atoms with Crippen LogP contribution in [0.4, 0.5) is 31.5 Å². The molecule has 0 fully saturated rings. The number of carbonyl (C=O) groups excluding carboxylic acids is 1. The van der Waals surface area contributed by atoms with Crippen molar-refractivity contribution in [2.75, 3.05) is 22.4 Å². The lowest BCUT2D eigenvalue weighted by atomic mass is 10.1. The zero-order chi connectivity index (χ0) is 23.5. The SMILES string of the molecule is CNc1ccc([N+](=O)[O-])cc1C(=O)Nc1ccc(NS(=O)(=O)c2ccc(F)c(F)c2)cc1. The van der Waals surface area contributed by atoms with Crippen molar-refractivity contribution in [3.8, 4) is 0 Å². The van der Waals surface area contributed by atoms with E-state index < -0.39 is 37.4 Å². The maximum atomic E-state index is 13.3. The van der Waals surface area contributed by atoms with Crippen LogP contribution in [0, 0.1) is 21.7 Å². The number of hydrogen-bond donors (Lipinski definition) is 3. The van der Waals surface area contributed by atoms with Crippen molar-refractivity contribution < 1.29 is 26.9 Å². The second kappa shape index (κ2) is 8.98. The molecule has 32 heavy (non-hydrogen) atoms. The molecule has 3 N–H and O–H groups in total. The topological polar surface area (TPSA) is 130 Å². The molecule has 12 heteroatoms. The van der Waals surface area contributed by atoms with E-state index in [4.69, 9.17) is 0 Å². The summed E-state index contributed by atoms with van der Waals surface area (Å²) in [5.41, 5.74) is 0.572. The molecule has 0 aliphatic rings. The van der Waals surface area contributed by atoms with Crippen molar-refractivity contribution in [2.45, 2.75) is 4.90 Å². The highest BCUT2D eigenvalue weighted by Gasteiger charge is 2.18. The minimum atomic E-state index is -4.17. The summed E-state index contributed by atoms with van der Waals surface area (Å²) in [6, 6.07) is 11.5. The van der Waals surface area contributed by atoms with Crippen LogP contribution in [-0.4, -0.2) is 26.3 Å². The number of carbonyl (C=O) groups is 1. The van der Waals surface area contributed by atoms with Gasteiger partial charge in [0.1, 0.15) is 0 Å². The second-order valence-corrected chi connectivity index (χ2v) is 8.13. The fraction of sp³-hybridized carbons (Fsp3) is 0.0500. The summed E-state index contributed by atoms with van der Waals surface area (Å²) in [5, 5.41) is 16.3. The summed E-state index contributed by atoms with van der Waals surface area (Å²) in [4.78, 5) is 22.5. The van der Waals surface area contributed by atoms with Gasteiger partial charge in [-0.05, 0) is 48.5 Å². The van der Waals surface area contributed by atoms with E-state index in [1.807, 2.05) is 0 Å². The molecule has 0 saturated carbocycles. The Morgan fingerprint density at radius 2 is 1.59 bits per heavy atom. The van der Waals surface area contributed by atoms with Gasteiger partial charge in [-0.1, -0.05) is 0 Å². The van der Waals surface area contributed by atoms with Crippen molar-refractivity contribution in [3.63, 3.8) is 0 Å². The van der Waals surface area contributed by atoms with Crippen molar-refractivity contribution in [1.29, 1.82) is 0 Å². The molecule has 0 radical (unpaired) electrons. The normalized spacial score (nSPS) is 11.0. The van der Waals surface area contributed by atoms with Crippen LogP contribution in [0.2, 0.25) is 0 Å². The molecule has 9 nitrogen and oxygen atoms in total. The average molecular weight is 462 g/mol. The van der Waals surface area contributed by atoms with Gasteiger partial charge in [-0.15, -0.1) is 0 Å². The number of benzene rings is 3. The molecule has 1 amide bonds. The Bertz CT molecular complexity index is 1300. The van der Waals surface area contributed by atoms with Gasteiger partial charge in [0.2, 0.25) is 0 Å². The average Bonchev–Trinajstić information content (AvgIpc) is 2.76. The molecular formula is C20H16F2N4O5S. The lowest BCUT2D eigenvalue weighted by Gasteiger charge is -2.11. The number of rotatable bonds is 7. The fourth-order valence-electron chi connectivity index (χ4n) is 2.73. The molecular weight excluding hydrogens is 446 g/mol. The number of non-ortho nitro benzene ring substituents is 1. The fourth-order valence-corrected chi connectivity index (χ4v) is 3.80. The lowest BCUT2D eigenvalue weighted by Crippen LogP contribution is -2.15. The van der Waals surface area contributed by atoms with E-state index in [1.54, 1.807) is 7.05 Å². The van der Waals surface area contributed by atoms with Gasteiger partial charge in [-0.2, -0.15) is 0 Å². The smallest absolute Gasteiger partial charge is 0.270 e. The number of halogens is 2. The van der Waals surface area contributed by atoms with E-state index in [9.17, 15) is 32.1 Å². The molecule has 0 saturated heterocycles. The number of nitrogens with zero attached hydrogens (tertiary/aromatic N) is 1. The number of nitro groups is 1. The van der Waals surface area contributed by atoms with Crippen LogP contribution in [0.15, 0.2) is 65.6 Å². The van der Waals surface area contributed by atoms with E-state index in [2.05, 4.69) is 15.4 Å². The first-order chi connectivity index (χ1) is 15.1. The molecule has 3 aromatic rings. The quantitative estimate of drug-likeness (QED) is 0.360. The number of sulfonamides is 1. The monoisotopic (exact) mass is 462 g/mol. The minimum Gasteiger partial charge on any atom is -0.387 e. The molecule has 3 aromatic carbocycles. The zero-order valence-corrected chi connectivity index (χ0v) is 17.2. The first kappa shape index (κ1) is 22.6. The summed E-state index contributed by atoms with van der Waals surface area (Å²) >= 11 is 0. The van der Waals surface area contributed by atoms with Crippen LogP contribution in [-0.2, 0) is 10.0 Å². The molecule has 0 heterocycles. The Morgan fingerprint density at radius 3 is 2.19 bits per heavy atom. The van der Waals surface area contributed by atoms with Gasteiger partial charge in [0, 0.05) is 36.2 Å². The van der Waals surface area contributed by atoms with E-state index >= 15 is 0 Å². The van der Waals surface area contributed by atoms with Crippen LogP contribution < -0.4 is 15.4 Å². The van der Waals surface area contributed by atoms with Crippen molar-refractivity contribution >= 4 is 38.7 Å². The number of nitro benzene ring substituents is 1. The summed E-state index contributed by atoms with van der Waals surface area (Å²) < 4.78 is 53.3. The van der Waals surface area contributed by atoms with E-state index in [0.29, 0.717) is 23.5 Å². The third kappa shape index (κ3) is 4.98. The Kier molecular flexibility index (Phi) is 6.35. The predicted octanol–water partition coefficient (Wildman–Crippen LogP) is 3.97. The van der Waals surface area contributed by atoms with Gasteiger partial charge in [-0.3, -0.25) is 19.6 Å². The molecule has 0 bridgehead atoms. The Hall–Kier alpha value is -4.06. The summed E-state index contributed by atoms with van der Waals surface area (Å²) in [7, 11) is -2.61. The molecule has 0 aliphatic carbocycles. The summed E-state index contributed by atoms with van der Waals surface area (Å²) in [6.07, 6.45) is 0. The van der Waals surface area contributed by atoms with Crippen molar-refractivity contribution in [1.82, 2.24) is 0 Å². The van der Waals surface area contributed by atoms with Gasteiger partial charge in [0.05, 0.1) is 15.4 Å². The Labute approximate surface area is 181 Å². The largest absolute Gasteiger partial charge is 0.387 e. The summed E-state index contributed by atoms with van der Waals surface area (Å²) in [5.74, 6) is -3.09. The van der Waals surface area contributed by atoms with Gasteiger partial charge < -0.3 is 10.6 Å². The molecule has 3 rings (SSSR count). The number of hydrogen-bond acceptors (Lipinski definition) is 6. The number of nitrogens with one attached hydrogen (secondary N) is 3. The van der Waals surface area contributed by atoms with E-state index in [0.717, 1.165) is 12.1 Å². The highest BCUT2D eigenvalue weighted by molar-refractivity contribution is 7.92. The minimum absolute atomic E-state index is 0.0461. The molecule has 0 spiro atoms. The predicted molar refractivity (Wildman–Crippen MR) is 114 cm³/mol. The van der Waals surface area contributed by atoms with Crippen LogP contribution in [0.5, 0.6) is 0 Å². The van der Waals surface area contributed by atoms with Gasteiger partial charge in [-0.25, -0.2) is 17.2 Å². The van der Waals surface area contributed by atoms with E-state index in [1.165, 1.54) is 36.4 Å². The third-order valence-electron chi connectivity index (χ3n) is 4.32. The maximum absolute atomic E-state index is 13.3. The standard InChI is InChI=1S/C20H16F2N4O5S/c1-23-19-9-6-14(26(28)29)10-16(19)20(27)24-12-2-4-13(5-3-12)25-32(30,31)15-7-8-17(21)18(22)11-15/h2-11,23,25H,1H3,(H,24,27). The highest BCUT2D eigenvalue weighted by Crippen LogP contribution is 2.24.